The van der Waals surface area contributed by atoms with Gasteiger partial charge in [-0.05, 0) is 12.1 Å². The van der Waals surface area contributed by atoms with Crippen LogP contribution in [0.25, 0.3) is 5.69 Å². The molecule has 0 aliphatic rings. The van der Waals surface area contributed by atoms with Gasteiger partial charge >= 0.3 is 5.97 Å². The van der Waals surface area contributed by atoms with Crippen LogP contribution < -0.4 is 0 Å². The minimum absolute atomic E-state index is 0.0762. The van der Waals surface area contributed by atoms with E-state index in [-0.39, 0.29) is 5.69 Å². The van der Waals surface area contributed by atoms with Gasteiger partial charge in [0.05, 0.1) is 11.8 Å². The Morgan fingerprint density at radius 1 is 1.50 bits per heavy atom. The smallest absolute Gasteiger partial charge is 0.356 e. The molecule has 6 nitrogen and oxygen atoms in total. The molecule has 0 saturated heterocycles. The molecule has 0 fully saturated rings. The second-order valence-corrected chi connectivity index (χ2v) is 2.96. The van der Waals surface area contributed by atoms with Gasteiger partial charge in [-0.15, -0.1) is 0 Å². The van der Waals surface area contributed by atoms with Crippen LogP contribution in [0.1, 0.15) is 16.1 Å². The van der Waals surface area contributed by atoms with Crippen molar-refractivity contribution < 1.29 is 9.90 Å². The summed E-state index contributed by atoms with van der Waals surface area (Å²) in [4.78, 5) is 14.5. The van der Waals surface area contributed by atoms with Crippen LogP contribution in [-0.4, -0.2) is 25.8 Å². The fraction of sp³-hybridized carbons (Fsp3) is 0. The van der Waals surface area contributed by atoms with E-state index in [9.17, 15) is 4.79 Å². The van der Waals surface area contributed by atoms with E-state index in [0.717, 1.165) is 0 Å². The van der Waals surface area contributed by atoms with Crippen LogP contribution in [0.3, 0.4) is 0 Å². The predicted octanol–water partition coefficient (Wildman–Crippen LogP) is 0.837. The number of hydrogen-bond acceptors (Lipinski definition) is 4. The molecule has 0 radical (unpaired) electrons. The fourth-order valence-electron chi connectivity index (χ4n) is 1.24. The van der Waals surface area contributed by atoms with Crippen LogP contribution in [0, 0.1) is 11.3 Å². The van der Waals surface area contributed by atoms with Crippen molar-refractivity contribution in [2.75, 3.05) is 0 Å². The molecule has 2 aromatic rings. The van der Waals surface area contributed by atoms with E-state index in [2.05, 4.69) is 10.1 Å². The minimum atomic E-state index is -1.11. The van der Waals surface area contributed by atoms with Crippen LogP contribution >= 0.6 is 0 Å². The summed E-state index contributed by atoms with van der Waals surface area (Å²) >= 11 is 0. The van der Waals surface area contributed by atoms with Gasteiger partial charge in [-0.25, -0.2) is 9.48 Å². The summed E-state index contributed by atoms with van der Waals surface area (Å²) in [6.45, 7) is 0. The molecule has 0 atom stereocenters. The van der Waals surface area contributed by atoms with Crippen LogP contribution in [0.2, 0.25) is 0 Å². The Bertz CT molecular complexity index is 583. The molecule has 0 aliphatic carbocycles. The van der Waals surface area contributed by atoms with Gasteiger partial charge in [0.1, 0.15) is 11.8 Å². The molecule has 0 saturated carbocycles. The van der Waals surface area contributed by atoms with Gasteiger partial charge in [0, 0.05) is 12.4 Å². The molecular formula is C10H6N4O2. The summed E-state index contributed by atoms with van der Waals surface area (Å²) in [5, 5.41) is 21.4. The first kappa shape index (κ1) is 9.86. The highest BCUT2D eigenvalue weighted by atomic mass is 16.4. The Morgan fingerprint density at radius 2 is 2.31 bits per heavy atom. The first-order valence-electron chi connectivity index (χ1n) is 4.36. The number of pyridine rings is 1. The van der Waals surface area contributed by atoms with E-state index < -0.39 is 5.97 Å². The Balaban J connectivity index is 2.51. The molecule has 2 rings (SSSR count). The molecule has 6 heteroatoms. The fourth-order valence-corrected chi connectivity index (χ4v) is 1.24. The zero-order chi connectivity index (χ0) is 11.5. The van der Waals surface area contributed by atoms with Crippen molar-refractivity contribution in [1.29, 1.82) is 5.26 Å². The number of aromatic nitrogens is 3. The van der Waals surface area contributed by atoms with Crippen LogP contribution in [-0.2, 0) is 0 Å². The number of carboxylic acid groups (broad SMARTS) is 1. The van der Waals surface area contributed by atoms with Gasteiger partial charge < -0.3 is 5.11 Å². The number of hydrogen-bond donors (Lipinski definition) is 1. The lowest BCUT2D eigenvalue weighted by Crippen LogP contribution is -2.02. The number of nitriles is 1. The second-order valence-electron chi connectivity index (χ2n) is 2.96. The maximum atomic E-state index is 10.6. The molecule has 2 aromatic heterocycles. The van der Waals surface area contributed by atoms with Gasteiger partial charge in [-0.3, -0.25) is 4.98 Å². The highest BCUT2D eigenvalue weighted by molar-refractivity contribution is 5.85. The van der Waals surface area contributed by atoms with E-state index in [1.165, 1.54) is 35.4 Å². The average Bonchev–Trinajstić information content (AvgIpc) is 2.78. The molecule has 0 amide bonds. The molecule has 0 unspecified atom stereocenters. The Morgan fingerprint density at radius 3 is 2.94 bits per heavy atom. The number of carboxylic acids is 1. The summed E-state index contributed by atoms with van der Waals surface area (Å²) in [5.74, 6) is -1.11. The lowest BCUT2D eigenvalue weighted by Gasteiger charge is -2.01. The molecule has 1 N–H and O–H groups in total. The summed E-state index contributed by atoms with van der Waals surface area (Å²) in [6.07, 6.45) is 4.42. The van der Waals surface area contributed by atoms with Crippen LogP contribution in [0.15, 0.2) is 30.7 Å². The van der Waals surface area contributed by atoms with Gasteiger partial charge in [0.25, 0.3) is 0 Å². The van der Waals surface area contributed by atoms with Gasteiger partial charge in [0.15, 0.2) is 5.69 Å². The van der Waals surface area contributed by atoms with Crippen molar-refractivity contribution in [2.45, 2.75) is 0 Å². The molecule has 78 valence electrons. The standard InChI is InChI=1S/C10H6N4O2/c11-5-7-1-3-12-6-9(7)14-4-2-8(13-14)10(15)16/h1-4,6H,(H,15,16). The van der Waals surface area contributed by atoms with Gasteiger partial charge in [-0.2, -0.15) is 10.4 Å². The Labute approximate surface area is 90.4 Å². The van der Waals surface area contributed by atoms with Gasteiger partial charge in [-0.1, -0.05) is 0 Å². The number of rotatable bonds is 2. The molecule has 0 aliphatic heterocycles. The van der Waals surface area contributed by atoms with Crippen molar-refractivity contribution in [3.63, 3.8) is 0 Å². The SMILES string of the molecule is N#Cc1ccncc1-n1ccc(C(=O)O)n1. The summed E-state index contributed by atoms with van der Waals surface area (Å²) in [7, 11) is 0. The molecular weight excluding hydrogens is 208 g/mol. The maximum Gasteiger partial charge on any atom is 0.356 e. The lowest BCUT2D eigenvalue weighted by molar-refractivity contribution is 0.0690. The third-order valence-electron chi connectivity index (χ3n) is 1.98. The predicted molar refractivity (Wildman–Crippen MR) is 53.0 cm³/mol. The van der Waals surface area contributed by atoms with E-state index in [1.54, 1.807) is 0 Å². The third kappa shape index (κ3) is 1.62. The third-order valence-corrected chi connectivity index (χ3v) is 1.98. The summed E-state index contributed by atoms with van der Waals surface area (Å²) < 4.78 is 1.31. The normalized spacial score (nSPS) is 9.69. The van der Waals surface area contributed by atoms with E-state index >= 15 is 0 Å². The zero-order valence-corrected chi connectivity index (χ0v) is 8.03. The van der Waals surface area contributed by atoms with Crippen LogP contribution in [0.5, 0.6) is 0 Å². The molecule has 0 spiro atoms. The zero-order valence-electron chi connectivity index (χ0n) is 8.03. The second kappa shape index (κ2) is 3.82. The molecule has 2 heterocycles. The van der Waals surface area contributed by atoms with Crippen molar-refractivity contribution in [3.05, 3.63) is 42.0 Å². The van der Waals surface area contributed by atoms with Gasteiger partial charge in [0.2, 0.25) is 0 Å². The van der Waals surface area contributed by atoms with E-state index in [0.29, 0.717) is 11.3 Å². The molecule has 0 bridgehead atoms. The van der Waals surface area contributed by atoms with Crippen molar-refractivity contribution in [1.82, 2.24) is 14.8 Å². The van der Waals surface area contributed by atoms with Crippen molar-refractivity contribution in [2.24, 2.45) is 0 Å². The summed E-state index contributed by atoms with van der Waals surface area (Å²) in [6, 6.07) is 4.88. The first-order valence-corrected chi connectivity index (χ1v) is 4.36. The highest BCUT2D eigenvalue weighted by Gasteiger charge is 2.10. The van der Waals surface area contributed by atoms with Crippen molar-refractivity contribution >= 4 is 5.97 Å². The first-order chi connectivity index (χ1) is 7.72. The Hall–Kier alpha value is -2.68. The Kier molecular flexibility index (Phi) is 2.36. The van der Waals surface area contributed by atoms with E-state index in [1.807, 2.05) is 6.07 Å². The van der Waals surface area contributed by atoms with Crippen LogP contribution in [0.4, 0.5) is 0 Å². The van der Waals surface area contributed by atoms with E-state index in [4.69, 9.17) is 10.4 Å². The average molecular weight is 214 g/mol. The minimum Gasteiger partial charge on any atom is -0.476 e. The molecule has 16 heavy (non-hydrogen) atoms. The quantitative estimate of drug-likeness (QED) is 0.799. The highest BCUT2D eigenvalue weighted by Crippen LogP contribution is 2.11. The number of nitrogens with zero attached hydrogens (tertiary/aromatic N) is 4. The largest absolute Gasteiger partial charge is 0.476 e. The summed E-state index contributed by atoms with van der Waals surface area (Å²) in [5.41, 5.74) is 0.764. The monoisotopic (exact) mass is 214 g/mol. The molecule has 0 aromatic carbocycles. The number of carbonyl (C=O) groups is 1. The van der Waals surface area contributed by atoms with Crippen molar-refractivity contribution in [3.8, 4) is 11.8 Å². The number of aromatic carboxylic acids is 1. The maximum absolute atomic E-state index is 10.6. The topological polar surface area (TPSA) is 91.8 Å². The lowest BCUT2D eigenvalue weighted by atomic mass is 10.2.